The van der Waals surface area contributed by atoms with Gasteiger partial charge in [-0.1, -0.05) is 38.1 Å². The summed E-state index contributed by atoms with van der Waals surface area (Å²) in [5.41, 5.74) is 4.49. The van der Waals surface area contributed by atoms with Gasteiger partial charge in [0.25, 0.3) is 10.0 Å². The Morgan fingerprint density at radius 3 is 2.38 bits per heavy atom. The van der Waals surface area contributed by atoms with Crippen molar-refractivity contribution in [3.8, 4) is 5.75 Å². The van der Waals surface area contributed by atoms with E-state index in [1.165, 1.54) is 22.0 Å². The molecule has 1 aromatic heterocycles. The minimum Gasteiger partial charge on any atom is -0.487 e. The van der Waals surface area contributed by atoms with Gasteiger partial charge in [-0.2, -0.15) is 8.42 Å². The molecule has 191 valence electrons. The van der Waals surface area contributed by atoms with Crippen LogP contribution in [-0.4, -0.2) is 55.6 Å². The zero-order valence-electron chi connectivity index (χ0n) is 21.7. The van der Waals surface area contributed by atoms with Crippen LogP contribution in [0.1, 0.15) is 48.3 Å². The van der Waals surface area contributed by atoms with Gasteiger partial charge < -0.3 is 14.3 Å². The van der Waals surface area contributed by atoms with Crippen molar-refractivity contribution in [3.05, 3.63) is 82.6 Å². The molecule has 2 aromatic carbocycles. The summed E-state index contributed by atoms with van der Waals surface area (Å²) in [6.45, 7) is 6.19. The first kappa shape index (κ1) is 29.0. The predicted octanol–water partition coefficient (Wildman–Crippen LogP) is 5.22. The number of rotatable bonds is 10. The standard InChI is InChI=1S/C28H31NO6S.Na/c1-19(2)17-29(36(32,33)28-14-7-20(3)35-28)25-15-23-5-4-6-24(23)16-26(25)34-18-22-10-8-21(9-11-22)12-13-27(30)31;/h7-16,19H,4-6,17-18H2,1-3H3,(H,30,31);. The third-order valence-electron chi connectivity index (χ3n) is 6.03. The molecule has 0 aliphatic heterocycles. The van der Waals surface area contributed by atoms with Crippen molar-refractivity contribution in [2.75, 3.05) is 10.8 Å². The van der Waals surface area contributed by atoms with Crippen molar-refractivity contribution in [2.45, 2.75) is 51.7 Å². The third-order valence-corrected chi connectivity index (χ3v) is 7.68. The van der Waals surface area contributed by atoms with Gasteiger partial charge in [0.15, 0.2) is 0 Å². The van der Waals surface area contributed by atoms with Crippen LogP contribution in [0.15, 0.2) is 64.1 Å². The van der Waals surface area contributed by atoms with Crippen LogP contribution in [0, 0.1) is 12.8 Å². The second kappa shape index (κ2) is 12.3. The maximum atomic E-state index is 13.7. The van der Waals surface area contributed by atoms with E-state index in [0.717, 1.165) is 42.0 Å². The average Bonchev–Trinajstić information content (AvgIpc) is 3.48. The molecule has 1 N–H and O–H groups in total. The summed E-state index contributed by atoms with van der Waals surface area (Å²) >= 11 is 0. The Hall–Kier alpha value is -2.52. The van der Waals surface area contributed by atoms with E-state index < -0.39 is 16.0 Å². The SMILES string of the molecule is Cc1ccc(S(=O)(=O)N(CC(C)C)c2cc3c(cc2OCc2ccc(C=CC(=O)O)cc2)CCC3)o1.[Na]. The molecule has 1 radical (unpaired) electrons. The molecule has 1 aliphatic carbocycles. The van der Waals surface area contributed by atoms with Crippen LogP contribution >= 0.6 is 0 Å². The molecule has 3 aromatic rings. The van der Waals surface area contributed by atoms with Gasteiger partial charge in [-0.05, 0) is 84.7 Å². The van der Waals surface area contributed by atoms with Gasteiger partial charge in [-0.3, -0.25) is 4.31 Å². The predicted molar refractivity (Wildman–Crippen MR) is 144 cm³/mol. The second-order valence-corrected chi connectivity index (χ2v) is 11.2. The number of nitrogens with zero attached hydrogens (tertiary/aromatic N) is 1. The molecular formula is C28H31NNaO6S. The summed E-state index contributed by atoms with van der Waals surface area (Å²) in [6.07, 6.45) is 5.48. The Morgan fingerprint density at radius 2 is 1.78 bits per heavy atom. The zero-order chi connectivity index (χ0) is 25.9. The first-order valence-corrected chi connectivity index (χ1v) is 13.4. The molecule has 9 heteroatoms. The Morgan fingerprint density at radius 1 is 1.11 bits per heavy atom. The molecule has 1 aliphatic rings. The van der Waals surface area contributed by atoms with Gasteiger partial charge >= 0.3 is 5.97 Å². The fraction of sp³-hybridized carbons (Fsp3) is 0.321. The van der Waals surface area contributed by atoms with E-state index >= 15 is 0 Å². The molecule has 4 rings (SSSR count). The average molecular weight is 533 g/mol. The van der Waals surface area contributed by atoms with Crippen molar-refractivity contribution >= 4 is 57.3 Å². The van der Waals surface area contributed by atoms with Crippen LogP contribution in [0.25, 0.3) is 6.08 Å². The fourth-order valence-corrected chi connectivity index (χ4v) is 5.86. The summed E-state index contributed by atoms with van der Waals surface area (Å²) in [7, 11) is -3.94. The Bertz CT molecular complexity index is 1380. The molecule has 0 atom stereocenters. The van der Waals surface area contributed by atoms with Crippen molar-refractivity contribution in [2.24, 2.45) is 5.92 Å². The van der Waals surface area contributed by atoms with E-state index in [2.05, 4.69) is 0 Å². The maximum absolute atomic E-state index is 13.7. The molecular weight excluding hydrogens is 501 g/mol. The number of fused-ring (bicyclic) bond motifs is 1. The smallest absolute Gasteiger partial charge is 0.328 e. The van der Waals surface area contributed by atoms with E-state index in [0.29, 0.717) is 17.2 Å². The van der Waals surface area contributed by atoms with Crippen molar-refractivity contribution < 1.29 is 27.5 Å². The Balaban J connectivity index is 0.00000380. The van der Waals surface area contributed by atoms with Crippen LogP contribution in [0.5, 0.6) is 5.75 Å². The number of sulfonamides is 1. The van der Waals surface area contributed by atoms with Crippen LogP contribution in [0.3, 0.4) is 0 Å². The second-order valence-electron chi connectivity index (χ2n) is 9.44. The number of anilines is 1. The van der Waals surface area contributed by atoms with Crippen LogP contribution in [0.4, 0.5) is 5.69 Å². The van der Waals surface area contributed by atoms with Gasteiger partial charge in [0.1, 0.15) is 18.1 Å². The van der Waals surface area contributed by atoms with Gasteiger partial charge in [-0.25, -0.2) is 4.79 Å². The van der Waals surface area contributed by atoms with Gasteiger partial charge in [-0.15, -0.1) is 0 Å². The van der Waals surface area contributed by atoms with E-state index in [-0.39, 0.29) is 53.7 Å². The summed E-state index contributed by atoms with van der Waals surface area (Å²) in [4.78, 5) is 10.7. The minimum atomic E-state index is -3.94. The molecule has 7 nitrogen and oxygen atoms in total. The van der Waals surface area contributed by atoms with E-state index in [1.54, 1.807) is 13.0 Å². The summed E-state index contributed by atoms with van der Waals surface area (Å²) in [5.74, 6) is 0.114. The third kappa shape index (κ3) is 7.08. The number of hydrogen-bond donors (Lipinski definition) is 1. The van der Waals surface area contributed by atoms with Gasteiger partial charge in [0.2, 0.25) is 5.09 Å². The number of aliphatic carboxylic acids is 1. The van der Waals surface area contributed by atoms with Gasteiger partial charge in [0.05, 0.1) is 5.69 Å². The topological polar surface area (TPSA) is 97.0 Å². The molecule has 0 saturated carbocycles. The maximum Gasteiger partial charge on any atom is 0.328 e. The minimum absolute atomic E-state index is 0. The quantitative estimate of drug-likeness (QED) is 0.284. The molecule has 0 unspecified atom stereocenters. The summed E-state index contributed by atoms with van der Waals surface area (Å²) in [6, 6.07) is 14.4. The molecule has 0 amide bonds. The number of ether oxygens (including phenoxy) is 1. The van der Waals surface area contributed by atoms with Crippen molar-refractivity contribution in [3.63, 3.8) is 0 Å². The Labute approximate surface area is 240 Å². The molecule has 0 saturated heterocycles. The number of hydrogen-bond acceptors (Lipinski definition) is 5. The summed E-state index contributed by atoms with van der Waals surface area (Å²) < 4.78 is 40.5. The molecule has 37 heavy (non-hydrogen) atoms. The van der Waals surface area contributed by atoms with Crippen LogP contribution in [0.2, 0.25) is 0 Å². The zero-order valence-corrected chi connectivity index (χ0v) is 24.5. The molecule has 0 fully saturated rings. The van der Waals surface area contributed by atoms with Crippen LogP contribution < -0.4 is 9.04 Å². The number of carbonyl (C=O) groups is 1. The van der Waals surface area contributed by atoms with Crippen LogP contribution in [-0.2, 0) is 34.3 Å². The van der Waals surface area contributed by atoms with Gasteiger partial charge in [0, 0.05) is 42.2 Å². The van der Waals surface area contributed by atoms with E-state index in [9.17, 15) is 13.2 Å². The fourth-order valence-electron chi connectivity index (χ4n) is 4.27. The van der Waals surface area contributed by atoms with E-state index in [4.69, 9.17) is 14.3 Å². The normalized spacial score (nSPS) is 13.0. The summed E-state index contributed by atoms with van der Waals surface area (Å²) in [5, 5.41) is 8.72. The number of carboxylic acid groups (broad SMARTS) is 1. The Kier molecular flexibility index (Phi) is 9.69. The first-order chi connectivity index (χ1) is 17.1. The molecule has 1 heterocycles. The largest absolute Gasteiger partial charge is 0.487 e. The molecule has 0 spiro atoms. The number of benzene rings is 2. The van der Waals surface area contributed by atoms with Crippen molar-refractivity contribution in [1.82, 2.24) is 0 Å². The number of furan rings is 1. The van der Waals surface area contributed by atoms with Crippen molar-refractivity contribution in [1.29, 1.82) is 0 Å². The number of carboxylic acids is 1. The monoisotopic (exact) mass is 532 g/mol. The first-order valence-electron chi connectivity index (χ1n) is 12.0. The number of aryl methyl sites for hydroxylation is 3. The molecule has 0 bridgehead atoms. The van der Waals surface area contributed by atoms with E-state index in [1.807, 2.05) is 50.2 Å².